The maximum absolute atomic E-state index is 11.1. The second-order valence-electron chi connectivity index (χ2n) is 6.14. The summed E-state index contributed by atoms with van der Waals surface area (Å²) in [5.41, 5.74) is 0.0515. The molecule has 0 radical (unpaired) electrons. The van der Waals surface area contributed by atoms with Crippen LogP contribution in [0.25, 0.3) is 0 Å². The first kappa shape index (κ1) is 19.4. The average molecular weight is 412 g/mol. The zero-order valence-corrected chi connectivity index (χ0v) is 17.1. The Balaban J connectivity index is 3.18. The van der Waals surface area contributed by atoms with Crippen LogP contribution in [0.15, 0.2) is 12.3 Å². The van der Waals surface area contributed by atoms with Crippen molar-refractivity contribution in [2.75, 3.05) is 0 Å². The first-order chi connectivity index (χ1) is 10.6. The number of carbonyl (C=O) groups is 1. The van der Waals surface area contributed by atoms with E-state index in [2.05, 4.69) is 30.7 Å². The molecule has 0 saturated heterocycles. The van der Waals surface area contributed by atoms with Crippen molar-refractivity contribution in [3.63, 3.8) is 0 Å². The van der Waals surface area contributed by atoms with Gasteiger partial charge in [-0.25, -0.2) is 0 Å². The molecule has 0 aliphatic carbocycles. The van der Waals surface area contributed by atoms with Gasteiger partial charge in [-0.2, -0.15) is 0 Å². The van der Waals surface area contributed by atoms with Crippen LogP contribution in [0, 0.1) is 0 Å². The summed E-state index contributed by atoms with van der Waals surface area (Å²) in [7, 11) is 0. The summed E-state index contributed by atoms with van der Waals surface area (Å²) < 4.78 is 4.62. The Bertz CT molecular complexity index is 444. The van der Waals surface area contributed by atoms with Gasteiger partial charge in [0.15, 0.2) is 0 Å². The van der Waals surface area contributed by atoms with Crippen LogP contribution in [0.5, 0.6) is 0 Å². The van der Waals surface area contributed by atoms with Gasteiger partial charge in [-0.3, -0.25) is 0 Å². The van der Waals surface area contributed by atoms with Gasteiger partial charge in [-0.05, 0) is 0 Å². The molecule has 4 nitrogen and oxygen atoms in total. The van der Waals surface area contributed by atoms with Crippen molar-refractivity contribution < 1.29 is 9.90 Å². The van der Waals surface area contributed by atoms with E-state index in [-0.39, 0.29) is 5.69 Å². The first-order valence-electron chi connectivity index (χ1n) is 8.64. The maximum atomic E-state index is 11.1. The summed E-state index contributed by atoms with van der Waals surface area (Å²) >= 11 is -2.71. The van der Waals surface area contributed by atoms with Crippen LogP contribution in [0.1, 0.15) is 69.8 Å². The monoisotopic (exact) mass is 413 g/mol. The van der Waals surface area contributed by atoms with Gasteiger partial charge in [0.05, 0.1) is 0 Å². The number of nitrogens with zero attached hydrogens (tertiary/aromatic N) is 2. The van der Waals surface area contributed by atoms with Gasteiger partial charge in [-0.1, -0.05) is 0 Å². The molecular formula is C17H29N2O2Sn-. The van der Waals surface area contributed by atoms with Gasteiger partial charge >= 0.3 is 139 Å². The normalized spacial score (nSPS) is 11.6. The van der Waals surface area contributed by atoms with Crippen molar-refractivity contribution in [3.8, 4) is 0 Å². The van der Waals surface area contributed by atoms with Gasteiger partial charge in [-0.15, -0.1) is 0 Å². The Morgan fingerprint density at radius 1 is 1.05 bits per heavy atom. The summed E-state index contributed by atoms with van der Waals surface area (Å²) in [5, 5.41) is 11.1. The fraction of sp³-hybridized carbons (Fsp3) is 0.706. The third-order valence-electron chi connectivity index (χ3n) is 4.37. The second kappa shape index (κ2) is 10.2. The molecule has 5 heteroatoms. The van der Waals surface area contributed by atoms with E-state index in [1.165, 1.54) is 57.9 Å². The summed E-state index contributed by atoms with van der Waals surface area (Å²) in [6, 6.07) is 1.45. The molecule has 0 N–H and O–H groups in total. The molecule has 1 aromatic heterocycles. The van der Waals surface area contributed by atoms with Crippen LogP contribution >= 0.6 is 0 Å². The number of aromatic carboxylic acids is 1. The number of hydrogen-bond donors (Lipinski definition) is 0. The van der Waals surface area contributed by atoms with Crippen LogP contribution in [0.4, 0.5) is 0 Å². The number of carboxylic acids is 1. The minimum atomic E-state index is -2.71. The van der Waals surface area contributed by atoms with Crippen molar-refractivity contribution >= 4 is 28.2 Å². The van der Waals surface area contributed by atoms with Gasteiger partial charge in [0.1, 0.15) is 0 Å². The summed E-state index contributed by atoms with van der Waals surface area (Å²) in [6.45, 7) is 6.65. The second-order valence-corrected chi connectivity index (χ2v) is 19.0. The van der Waals surface area contributed by atoms with E-state index >= 15 is 0 Å². The molecule has 0 spiro atoms. The standard InChI is InChI=1S/C5H3N2O2.3C4H9.Sn/c8-5(9)4-1-2-6-3-7-4;3*1-3-4-2;/h1-2H,(H,8,9);3*1,3-4H2,2H3;/p-1. The molecule has 0 unspecified atom stereocenters. The number of rotatable bonds is 11. The Labute approximate surface area is 138 Å². The fourth-order valence-electron chi connectivity index (χ4n) is 2.98. The molecule has 0 saturated carbocycles. The summed E-state index contributed by atoms with van der Waals surface area (Å²) in [4.78, 5) is 20.1. The van der Waals surface area contributed by atoms with Crippen LogP contribution in [0.2, 0.25) is 13.3 Å². The Kier molecular flexibility index (Phi) is 8.98. The van der Waals surface area contributed by atoms with Gasteiger partial charge < -0.3 is 0 Å². The molecule has 124 valence electrons. The van der Waals surface area contributed by atoms with Crippen LogP contribution < -0.4 is 8.95 Å². The number of carbonyl (C=O) groups excluding carboxylic acids is 1. The van der Waals surface area contributed by atoms with Crippen LogP contribution in [-0.4, -0.2) is 34.3 Å². The predicted octanol–water partition coefficient (Wildman–Crippen LogP) is 2.90. The summed E-state index contributed by atoms with van der Waals surface area (Å²) in [5.74, 6) is -1.19. The van der Waals surface area contributed by atoms with E-state index in [4.69, 9.17) is 0 Å². The molecule has 1 heterocycles. The number of carboxylic acid groups (broad SMARTS) is 1. The van der Waals surface area contributed by atoms with E-state index in [1.54, 1.807) is 6.20 Å². The molecule has 0 fully saturated rings. The first-order valence-corrected chi connectivity index (χ1v) is 16.1. The van der Waals surface area contributed by atoms with Crippen molar-refractivity contribution in [1.82, 2.24) is 9.97 Å². The molecule has 1 rings (SSSR count). The summed E-state index contributed by atoms with van der Waals surface area (Å²) in [6.07, 6.45) is 8.78. The minimum absolute atomic E-state index is 0.0515. The molecule has 0 aliphatic rings. The SMILES string of the molecule is CCC[CH2][Sn]([CH2]CCC)([CH2]CCC)[c]1nccc(C(=O)[O-])n1. The topological polar surface area (TPSA) is 65.9 Å². The zero-order valence-electron chi connectivity index (χ0n) is 14.2. The van der Waals surface area contributed by atoms with E-state index in [1.807, 2.05) is 0 Å². The third-order valence-corrected chi connectivity index (χ3v) is 19.0. The van der Waals surface area contributed by atoms with E-state index < -0.39 is 24.3 Å². The quantitative estimate of drug-likeness (QED) is 0.525. The molecule has 0 aromatic carbocycles. The predicted molar refractivity (Wildman–Crippen MR) is 90.9 cm³/mol. The Hall–Kier alpha value is -0.651. The van der Waals surface area contributed by atoms with Crippen molar-refractivity contribution in [1.29, 1.82) is 0 Å². The Morgan fingerprint density at radius 3 is 1.95 bits per heavy atom. The van der Waals surface area contributed by atoms with E-state index in [0.717, 1.165) is 3.84 Å². The van der Waals surface area contributed by atoms with Gasteiger partial charge in [0.2, 0.25) is 0 Å². The molecule has 1 aromatic rings. The Morgan fingerprint density at radius 2 is 1.55 bits per heavy atom. The fourth-order valence-corrected chi connectivity index (χ4v) is 17.9. The van der Waals surface area contributed by atoms with Crippen LogP contribution in [-0.2, 0) is 0 Å². The molecule has 0 atom stereocenters. The average Bonchev–Trinajstić information content (AvgIpc) is 2.54. The van der Waals surface area contributed by atoms with Crippen molar-refractivity contribution in [2.45, 2.75) is 72.6 Å². The zero-order chi connectivity index (χ0) is 16.4. The molecule has 22 heavy (non-hydrogen) atoms. The van der Waals surface area contributed by atoms with Gasteiger partial charge in [0.25, 0.3) is 0 Å². The molecule has 0 aliphatic heterocycles. The molecular weight excluding hydrogens is 383 g/mol. The molecule has 0 amide bonds. The van der Waals surface area contributed by atoms with Crippen molar-refractivity contribution in [2.24, 2.45) is 0 Å². The van der Waals surface area contributed by atoms with Gasteiger partial charge in [0, 0.05) is 0 Å². The van der Waals surface area contributed by atoms with E-state index in [9.17, 15) is 9.90 Å². The molecule has 0 bridgehead atoms. The number of unbranched alkanes of at least 4 members (excludes halogenated alkanes) is 3. The van der Waals surface area contributed by atoms with E-state index in [0.29, 0.717) is 0 Å². The van der Waals surface area contributed by atoms with Crippen LogP contribution in [0.3, 0.4) is 0 Å². The van der Waals surface area contributed by atoms with Crippen molar-refractivity contribution in [3.05, 3.63) is 18.0 Å². The number of aromatic nitrogens is 2. The third kappa shape index (κ3) is 5.52. The number of hydrogen-bond acceptors (Lipinski definition) is 4.